The summed E-state index contributed by atoms with van der Waals surface area (Å²) in [6.45, 7) is 0. The number of nitrogens with zero attached hydrogens (tertiary/aromatic N) is 1. The van der Waals surface area contributed by atoms with Crippen LogP contribution in [-0.2, 0) is 11.2 Å². The second kappa shape index (κ2) is 7.94. The Morgan fingerprint density at radius 1 is 1.15 bits per heavy atom. The topological polar surface area (TPSA) is 20.3 Å². The number of Topliss-reactive ketones (excluding diaryl/α,β-unsaturated/α-hetero) is 1. The zero-order valence-electron chi connectivity index (χ0n) is 12.2. The van der Waals surface area contributed by atoms with Gasteiger partial charge in [0.1, 0.15) is 5.78 Å². The van der Waals surface area contributed by atoms with Crippen LogP contribution in [0.15, 0.2) is 30.3 Å². The van der Waals surface area contributed by atoms with Crippen molar-refractivity contribution in [2.75, 3.05) is 12.4 Å². The third kappa shape index (κ3) is 4.42. The van der Waals surface area contributed by atoms with Crippen molar-refractivity contribution < 1.29 is 4.79 Å². The van der Waals surface area contributed by atoms with Gasteiger partial charge in [0.05, 0.1) is 0 Å². The highest BCUT2D eigenvalue weighted by atomic mass is 79.9. The number of ketones is 1. The molecule has 2 aliphatic heterocycles. The quantitative estimate of drug-likeness (QED) is 0.764. The monoisotopic (exact) mass is 337 g/mol. The van der Waals surface area contributed by atoms with Gasteiger partial charge in [-0.1, -0.05) is 52.7 Å². The van der Waals surface area contributed by atoms with Crippen molar-refractivity contribution in [1.29, 1.82) is 0 Å². The summed E-state index contributed by atoms with van der Waals surface area (Å²) in [6, 6.07) is 11.6. The lowest BCUT2D eigenvalue weighted by Crippen LogP contribution is -2.49. The molecule has 0 spiro atoms. The molecule has 0 aliphatic carbocycles. The van der Waals surface area contributed by atoms with Crippen LogP contribution in [-0.4, -0.2) is 35.1 Å². The molecule has 0 N–H and O–H groups in total. The predicted octanol–water partition coefficient (Wildman–Crippen LogP) is 3.83. The molecule has 110 valence electrons. The largest absolute Gasteiger partial charge is 0.300 e. The molecule has 3 heteroatoms. The molecule has 2 atom stereocenters. The number of benzene rings is 1. The molecule has 3 rings (SSSR count). The molecule has 2 fully saturated rings. The molecule has 0 aromatic heterocycles. The van der Waals surface area contributed by atoms with Crippen molar-refractivity contribution in [3.63, 3.8) is 0 Å². The Kier molecular flexibility index (Phi) is 6.24. The normalized spacial score (nSPS) is 25.8. The average molecular weight is 338 g/mol. The lowest BCUT2D eigenvalue weighted by Gasteiger charge is -2.43. The van der Waals surface area contributed by atoms with Crippen molar-refractivity contribution in [3.8, 4) is 0 Å². The highest BCUT2D eigenvalue weighted by Crippen LogP contribution is 2.30. The summed E-state index contributed by atoms with van der Waals surface area (Å²) in [5.74, 6) is 0.484. The number of aryl methyl sites for hydroxylation is 1. The molecule has 2 bridgehead atoms. The highest BCUT2D eigenvalue weighted by Gasteiger charge is 2.34. The van der Waals surface area contributed by atoms with Crippen molar-refractivity contribution in [3.05, 3.63) is 35.9 Å². The standard InChI is InChI=1S/C9H15NO.C8H9Br/c1-10-7-3-2-4-8(10)6-9(11)5-7;9-7-6-8-4-2-1-3-5-8/h7-8H,2-6H2,1H3;1-5H,6-7H2. The number of piperidine rings is 2. The molecule has 0 saturated carbocycles. The van der Waals surface area contributed by atoms with Crippen LogP contribution in [0.25, 0.3) is 0 Å². The van der Waals surface area contributed by atoms with Crippen LogP contribution < -0.4 is 0 Å². The predicted molar refractivity (Wildman–Crippen MR) is 87.4 cm³/mol. The molecular weight excluding hydrogens is 314 g/mol. The Labute approximate surface area is 130 Å². The fraction of sp³-hybridized carbons (Fsp3) is 0.588. The highest BCUT2D eigenvalue weighted by molar-refractivity contribution is 9.09. The van der Waals surface area contributed by atoms with Gasteiger partial charge in [-0.15, -0.1) is 0 Å². The summed E-state index contributed by atoms with van der Waals surface area (Å²) in [5.41, 5.74) is 1.40. The summed E-state index contributed by atoms with van der Waals surface area (Å²) in [4.78, 5) is 13.6. The van der Waals surface area contributed by atoms with E-state index in [4.69, 9.17) is 0 Å². The maximum atomic E-state index is 11.2. The van der Waals surface area contributed by atoms with E-state index in [1.165, 1.54) is 24.8 Å². The smallest absolute Gasteiger partial charge is 0.136 e. The van der Waals surface area contributed by atoms with E-state index in [0.29, 0.717) is 17.9 Å². The van der Waals surface area contributed by atoms with Gasteiger partial charge >= 0.3 is 0 Å². The van der Waals surface area contributed by atoms with Gasteiger partial charge in [0.25, 0.3) is 0 Å². The van der Waals surface area contributed by atoms with E-state index in [9.17, 15) is 4.79 Å². The van der Waals surface area contributed by atoms with Crippen molar-refractivity contribution in [1.82, 2.24) is 4.90 Å². The van der Waals surface area contributed by atoms with Crippen LogP contribution >= 0.6 is 15.9 Å². The summed E-state index contributed by atoms with van der Waals surface area (Å²) < 4.78 is 0. The van der Waals surface area contributed by atoms with Crippen molar-refractivity contribution in [2.24, 2.45) is 0 Å². The average Bonchev–Trinajstić information content (AvgIpc) is 2.43. The molecule has 0 amide bonds. The van der Waals surface area contributed by atoms with E-state index in [1.54, 1.807) is 0 Å². The van der Waals surface area contributed by atoms with Crippen LogP contribution in [0.5, 0.6) is 0 Å². The van der Waals surface area contributed by atoms with Gasteiger partial charge < -0.3 is 0 Å². The Balaban J connectivity index is 0.000000151. The van der Waals surface area contributed by atoms with Crippen LogP contribution in [0.4, 0.5) is 0 Å². The molecule has 2 heterocycles. The van der Waals surface area contributed by atoms with Gasteiger partial charge in [0, 0.05) is 30.3 Å². The summed E-state index contributed by atoms with van der Waals surface area (Å²) >= 11 is 3.39. The number of alkyl halides is 1. The lowest BCUT2D eigenvalue weighted by atomic mass is 9.84. The minimum atomic E-state index is 0.484. The number of hydrogen-bond acceptors (Lipinski definition) is 2. The van der Waals surface area contributed by atoms with E-state index in [-0.39, 0.29) is 0 Å². The van der Waals surface area contributed by atoms with Crippen LogP contribution in [0.3, 0.4) is 0 Å². The fourth-order valence-corrected chi connectivity index (χ4v) is 3.61. The van der Waals surface area contributed by atoms with E-state index in [1.807, 2.05) is 6.07 Å². The molecule has 2 unspecified atom stereocenters. The van der Waals surface area contributed by atoms with Crippen molar-refractivity contribution in [2.45, 2.75) is 50.6 Å². The van der Waals surface area contributed by atoms with E-state index in [0.717, 1.165) is 24.6 Å². The van der Waals surface area contributed by atoms with Crippen LogP contribution in [0.1, 0.15) is 37.7 Å². The van der Waals surface area contributed by atoms with Gasteiger partial charge in [0.2, 0.25) is 0 Å². The minimum Gasteiger partial charge on any atom is -0.300 e. The molecule has 1 aromatic carbocycles. The molecule has 2 saturated heterocycles. The molecule has 0 radical (unpaired) electrons. The molecule has 2 nitrogen and oxygen atoms in total. The van der Waals surface area contributed by atoms with Gasteiger partial charge in [-0.2, -0.15) is 0 Å². The Morgan fingerprint density at radius 3 is 2.30 bits per heavy atom. The van der Waals surface area contributed by atoms with Crippen LogP contribution in [0, 0.1) is 0 Å². The molecule has 1 aromatic rings. The molecule has 20 heavy (non-hydrogen) atoms. The van der Waals surface area contributed by atoms with Gasteiger partial charge in [-0.25, -0.2) is 0 Å². The van der Waals surface area contributed by atoms with Crippen molar-refractivity contribution >= 4 is 21.7 Å². The fourth-order valence-electron chi connectivity index (χ4n) is 3.15. The number of carbonyl (C=O) groups is 1. The number of carbonyl (C=O) groups excluding carboxylic acids is 1. The zero-order valence-corrected chi connectivity index (χ0v) is 13.8. The van der Waals surface area contributed by atoms with E-state index >= 15 is 0 Å². The van der Waals surface area contributed by atoms with Gasteiger partial charge in [-0.05, 0) is 31.9 Å². The van der Waals surface area contributed by atoms with E-state index < -0.39 is 0 Å². The third-order valence-electron chi connectivity index (χ3n) is 4.38. The summed E-state index contributed by atoms with van der Waals surface area (Å²) in [7, 11) is 2.17. The summed E-state index contributed by atoms with van der Waals surface area (Å²) in [6.07, 6.45) is 6.55. The van der Waals surface area contributed by atoms with Gasteiger partial charge in [0.15, 0.2) is 0 Å². The maximum absolute atomic E-state index is 11.2. The number of fused-ring (bicyclic) bond motifs is 2. The number of hydrogen-bond donors (Lipinski definition) is 0. The Morgan fingerprint density at radius 2 is 1.75 bits per heavy atom. The summed E-state index contributed by atoms with van der Waals surface area (Å²) in [5, 5.41) is 1.05. The maximum Gasteiger partial charge on any atom is 0.136 e. The minimum absolute atomic E-state index is 0.484. The Bertz CT molecular complexity index is 404. The zero-order chi connectivity index (χ0) is 14.4. The third-order valence-corrected chi connectivity index (χ3v) is 4.78. The molecule has 2 aliphatic rings. The number of rotatable bonds is 2. The first-order valence-corrected chi connectivity index (χ1v) is 8.66. The van der Waals surface area contributed by atoms with Gasteiger partial charge in [-0.3, -0.25) is 9.69 Å². The van der Waals surface area contributed by atoms with E-state index in [2.05, 4.69) is 52.1 Å². The first-order chi connectivity index (χ1) is 9.70. The molecular formula is C17H24BrNO. The second-order valence-electron chi connectivity index (χ2n) is 5.78. The number of halogens is 1. The second-order valence-corrected chi connectivity index (χ2v) is 6.57. The SMILES string of the molecule is BrCCc1ccccc1.CN1C2CCCC1CC(=O)C2. The first-order valence-electron chi connectivity index (χ1n) is 7.54. The first kappa shape index (κ1) is 15.7. The van der Waals surface area contributed by atoms with Crippen LogP contribution in [0.2, 0.25) is 0 Å². The lowest BCUT2D eigenvalue weighted by molar-refractivity contribution is -0.126. The Hall–Kier alpha value is -0.670.